The molecule has 1 aromatic heterocycles. The van der Waals surface area contributed by atoms with Gasteiger partial charge in [0.1, 0.15) is 5.82 Å². The average molecular weight is 237 g/mol. The Morgan fingerprint density at radius 2 is 2.25 bits per heavy atom. The highest BCUT2D eigenvalue weighted by Gasteiger charge is 2.13. The summed E-state index contributed by atoms with van der Waals surface area (Å²) in [7, 11) is 0. The van der Waals surface area contributed by atoms with Crippen LogP contribution in [0.2, 0.25) is 0 Å². The molecule has 2 aromatic rings. The lowest BCUT2D eigenvalue weighted by atomic mass is 10.1. The van der Waals surface area contributed by atoms with E-state index in [1.165, 1.54) is 17.4 Å². The fraction of sp³-hybridized carbons (Fsp3) is 0.182. The fourth-order valence-corrected chi connectivity index (χ4v) is 2.20. The first-order valence-corrected chi connectivity index (χ1v) is 5.77. The van der Waals surface area contributed by atoms with E-state index in [9.17, 15) is 4.39 Å². The van der Waals surface area contributed by atoms with Gasteiger partial charge in [0.15, 0.2) is 0 Å². The second kappa shape index (κ2) is 5.16. The summed E-state index contributed by atoms with van der Waals surface area (Å²) < 4.78 is 13.4. The largest absolute Gasteiger partial charge is 0.271 e. The molecular formula is C11H12FN3S. The Labute approximate surface area is 97.1 Å². The summed E-state index contributed by atoms with van der Waals surface area (Å²) in [5.74, 6) is 5.27. The SMILES string of the molecule is NNC(Cc1ccccc1F)c1cncs1. The smallest absolute Gasteiger partial charge is 0.126 e. The standard InChI is InChI=1S/C11H12FN3S/c12-9-4-2-1-3-8(9)5-10(15-13)11-6-14-7-16-11/h1-4,6-7,10,15H,5,13H2. The zero-order valence-corrected chi connectivity index (χ0v) is 9.38. The molecule has 0 saturated heterocycles. The predicted octanol–water partition coefficient (Wildman–Crippen LogP) is 2.03. The van der Waals surface area contributed by atoms with Gasteiger partial charge in [0.2, 0.25) is 0 Å². The van der Waals surface area contributed by atoms with Crippen molar-refractivity contribution in [1.82, 2.24) is 10.4 Å². The molecule has 0 bridgehead atoms. The van der Waals surface area contributed by atoms with Crippen LogP contribution in [0.15, 0.2) is 36.0 Å². The molecule has 3 nitrogen and oxygen atoms in total. The lowest BCUT2D eigenvalue weighted by molar-refractivity contribution is 0.535. The lowest BCUT2D eigenvalue weighted by Gasteiger charge is -2.13. The number of nitrogens with two attached hydrogens (primary N) is 1. The van der Waals surface area contributed by atoms with Gasteiger partial charge in [0.05, 0.1) is 11.6 Å². The topological polar surface area (TPSA) is 50.9 Å². The Balaban J connectivity index is 2.17. The minimum absolute atomic E-state index is 0.0931. The van der Waals surface area contributed by atoms with Crippen LogP contribution in [0.4, 0.5) is 4.39 Å². The Hall–Kier alpha value is -1.30. The van der Waals surface area contributed by atoms with E-state index in [-0.39, 0.29) is 11.9 Å². The zero-order valence-electron chi connectivity index (χ0n) is 8.56. The molecule has 3 N–H and O–H groups in total. The minimum Gasteiger partial charge on any atom is -0.271 e. The van der Waals surface area contributed by atoms with Crippen LogP contribution in [0, 0.1) is 5.82 Å². The molecule has 0 spiro atoms. The van der Waals surface area contributed by atoms with Gasteiger partial charge >= 0.3 is 0 Å². The number of rotatable bonds is 4. The van der Waals surface area contributed by atoms with Gasteiger partial charge in [-0.25, -0.2) is 4.39 Å². The molecule has 1 atom stereocenters. The third-order valence-electron chi connectivity index (χ3n) is 2.38. The van der Waals surface area contributed by atoms with Crippen molar-refractivity contribution in [3.05, 3.63) is 52.2 Å². The van der Waals surface area contributed by atoms with E-state index < -0.39 is 0 Å². The average Bonchev–Trinajstić information content (AvgIpc) is 2.81. The number of halogens is 1. The molecule has 1 unspecified atom stereocenters. The van der Waals surface area contributed by atoms with Gasteiger partial charge in [-0.1, -0.05) is 18.2 Å². The quantitative estimate of drug-likeness (QED) is 0.632. The van der Waals surface area contributed by atoms with Crippen molar-refractivity contribution in [3.8, 4) is 0 Å². The first-order chi connectivity index (χ1) is 7.81. The number of aromatic nitrogens is 1. The molecule has 1 aromatic carbocycles. The fourth-order valence-electron chi connectivity index (χ4n) is 1.52. The summed E-state index contributed by atoms with van der Waals surface area (Å²) in [5, 5.41) is 0. The number of hydrogen-bond acceptors (Lipinski definition) is 4. The Morgan fingerprint density at radius 1 is 1.44 bits per heavy atom. The normalized spacial score (nSPS) is 12.6. The second-order valence-electron chi connectivity index (χ2n) is 3.42. The summed E-state index contributed by atoms with van der Waals surface area (Å²) in [6.07, 6.45) is 2.27. The third-order valence-corrected chi connectivity index (χ3v) is 3.27. The van der Waals surface area contributed by atoms with Gasteiger partial charge in [-0.05, 0) is 18.1 Å². The lowest BCUT2D eigenvalue weighted by Crippen LogP contribution is -2.29. The molecule has 0 amide bonds. The number of nitrogens with one attached hydrogen (secondary N) is 1. The second-order valence-corrected chi connectivity index (χ2v) is 4.34. The summed E-state index contributed by atoms with van der Waals surface area (Å²) in [6.45, 7) is 0. The van der Waals surface area contributed by atoms with Crippen LogP contribution >= 0.6 is 11.3 Å². The number of benzene rings is 1. The predicted molar refractivity (Wildman–Crippen MR) is 62.3 cm³/mol. The van der Waals surface area contributed by atoms with Gasteiger partial charge in [-0.3, -0.25) is 16.3 Å². The number of thiazole rings is 1. The minimum atomic E-state index is -0.202. The van der Waals surface area contributed by atoms with E-state index in [2.05, 4.69) is 10.4 Å². The molecular weight excluding hydrogens is 225 g/mol. The van der Waals surface area contributed by atoms with Gasteiger partial charge in [0.25, 0.3) is 0 Å². The number of hydrogen-bond donors (Lipinski definition) is 2. The van der Waals surface area contributed by atoms with Crippen molar-refractivity contribution >= 4 is 11.3 Å². The number of nitrogens with zero attached hydrogens (tertiary/aromatic N) is 1. The summed E-state index contributed by atoms with van der Waals surface area (Å²) in [6, 6.07) is 6.62. The molecule has 5 heteroatoms. The Bertz CT molecular complexity index is 444. The van der Waals surface area contributed by atoms with Crippen LogP contribution in [0.25, 0.3) is 0 Å². The molecule has 0 aliphatic heterocycles. The van der Waals surface area contributed by atoms with Crippen LogP contribution < -0.4 is 11.3 Å². The van der Waals surface area contributed by atoms with Crippen LogP contribution in [0.5, 0.6) is 0 Å². The first-order valence-electron chi connectivity index (χ1n) is 4.89. The summed E-state index contributed by atoms with van der Waals surface area (Å²) in [5.41, 5.74) is 5.07. The highest BCUT2D eigenvalue weighted by molar-refractivity contribution is 7.09. The van der Waals surface area contributed by atoms with Crippen molar-refractivity contribution in [3.63, 3.8) is 0 Å². The maximum absolute atomic E-state index is 13.4. The molecule has 2 rings (SSSR count). The maximum Gasteiger partial charge on any atom is 0.126 e. The summed E-state index contributed by atoms with van der Waals surface area (Å²) in [4.78, 5) is 4.99. The van der Waals surface area contributed by atoms with Crippen molar-refractivity contribution in [2.75, 3.05) is 0 Å². The first kappa shape index (κ1) is 11.2. The molecule has 1 heterocycles. The van der Waals surface area contributed by atoms with E-state index >= 15 is 0 Å². The molecule has 0 saturated carbocycles. The van der Waals surface area contributed by atoms with E-state index in [0.717, 1.165) is 4.88 Å². The highest BCUT2D eigenvalue weighted by atomic mass is 32.1. The summed E-state index contributed by atoms with van der Waals surface area (Å²) >= 11 is 1.50. The molecule has 0 aliphatic rings. The molecule has 84 valence electrons. The van der Waals surface area contributed by atoms with Crippen molar-refractivity contribution in [1.29, 1.82) is 0 Å². The van der Waals surface area contributed by atoms with Crippen LogP contribution in [-0.2, 0) is 6.42 Å². The van der Waals surface area contributed by atoms with Crippen LogP contribution in [-0.4, -0.2) is 4.98 Å². The van der Waals surface area contributed by atoms with Crippen molar-refractivity contribution in [2.45, 2.75) is 12.5 Å². The number of hydrazine groups is 1. The molecule has 0 aliphatic carbocycles. The molecule has 0 radical (unpaired) electrons. The zero-order chi connectivity index (χ0) is 11.4. The van der Waals surface area contributed by atoms with Crippen LogP contribution in [0.3, 0.4) is 0 Å². The third kappa shape index (κ3) is 2.44. The van der Waals surface area contributed by atoms with Crippen molar-refractivity contribution < 1.29 is 4.39 Å². The Morgan fingerprint density at radius 3 is 2.88 bits per heavy atom. The van der Waals surface area contributed by atoms with Crippen molar-refractivity contribution in [2.24, 2.45) is 5.84 Å². The van der Waals surface area contributed by atoms with Gasteiger partial charge < -0.3 is 0 Å². The van der Waals surface area contributed by atoms with Gasteiger partial charge in [-0.2, -0.15) is 0 Å². The van der Waals surface area contributed by atoms with E-state index in [0.29, 0.717) is 12.0 Å². The maximum atomic E-state index is 13.4. The Kier molecular flexibility index (Phi) is 3.61. The van der Waals surface area contributed by atoms with E-state index in [1.807, 2.05) is 6.07 Å². The van der Waals surface area contributed by atoms with Gasteiger partial charge in [-0.15, -0.1) is 11.3 Å². The van der Waals surface area contributed by atoms with Crippen LogP contribution in [0.1, 0.15) is 16.5 Å². The molecule has 0 fully saturated rings. The van der Waals surface area contributed by atoms with Gasteiger partial charge in [0, 0.05) is 11.1 Å². The molecule has 16 heavy (non-hydrogen) atoms. The van der Waals surface area contributed by atoms with E-state index in [1.54, 1.807) is 23.8 Å². The highest BCUT2D eigenvalue weighted by Crippen LogP contribution is 2.21. The van der Waals surface area contributed by atoms with E-state index in [4.69, 9.17) is 5.84 Å². The monoisotopic (exact) mass is 237 g/mol.